The van der Waals surface area contributed by atoms with E-state index in [4.69, 9.17) is 16.3 Å². The van der Waals surface area contributed by atoms with Crippen molar-refractivity contribution in [1.29, 1.82) is 0 Å². The van der Waals surface area contributed by atoms with Crippen LogP contribution in [0.4, 0.5) is 5.82 Å². The number of aryl methyl sites for hydroxylation is 1. The molecule has 0 saturated heterocycles. The van der Waals surface area contributed by atoms with Crippen LogP contribution in [0.1, 0.15) is 44.9 Å². The van der Waals surface area contributed by atoms with E-state index < -0.39 is 0 Å². The molecule has 0 unspecified atom stereocenters. The highest BCUT2D eigenvalue weighted by Gasteiger charge is 2.22. The lowest BCUT2D eigenvalue weighted by atomic mass is 9.92. The Labute approximate surface area is 181 Å². The van der Waals surface area contributed by atoms with E-state index >= 15 is 0 Å². The van der Waals surface area contributed by atoms with Gasteiger partial charge in [-0.25, -0.2) is 9.97 Å². The van der Waals surface area contributed by atoms with Gasteiger partial charge in [0.1, 0.15) is 11.6 Å². The van der Waals surface area contributed by atoms with Crippen LogP contribution in [0.2, 0.25) is 5.02 Å². The summed E-state index contributed by atoms with van der Waals surface area (Å²) in [6.45, 7) is 8.55. The van der Waals surface area contributed by atoms with E-state index in [1.165, 1.54) is 0 Å². The molecule has 0 fully saturated rings. The zero-order chi connectivity index (χ0) is 21.7. The molecule has 0 spiro atoms. The predicted molar refractivity (Wildman–Crippen MR) is 117 cm³/mol. The summed E-state index contributed by atoms with van der Waals surface area (Å²) >= 11 is 6.02. The van der Waals surface area contributed by atoms with Gasteiger partial charge in [0.05, 0.1) is 12.3 Å². The molecule has 0 aliphatic rings. The molecule has 0 atom stereocenters. The summed E-state index contributed by atoms with van der Waals surface area (Å²) in [5, 5.41) is 8.23. The van der Waals surface area contributed by atoms with E-state index in [0.717, 1.165) is 17.0 Å². The van der Waals surface area contributed by atoms with Gasteiger partial charge in [0.15, 0.2) is 0 Å². The highest BCUT2D eigenvalue weighted by molar-refractivity contribution is 6.31. The number of carbonyl (C=O) groups is 1. The van der Waals surface area contributed by atoms with Crippen LogP contribution >= 0.6 is 11.6 Å². The first-order chi connectivity index (χ1) is 14.2. The van der Waals surface area contributed by atoms with Crippen molar-refractivity contribution in [2.75, 3.05) is 11.9 Å². The lowest BCUT2D eigenvalue weighted by Gasteiger charge is -2.13. The molecule has 0 aliphatic carbocycles. The number of nitrogens with zero attached hydrogens (tertiary/aromatic N) is 4. The van der Waals surface area contributed by atoms with Gasteiger partial charge >= 0.3 is 0 Å². The summed E-state index contributed by atoms with van der Waals surface area (Å²) in [5.41, 5.74) is 1.62. The van der Waals surface area contributed by atoms with Crippen molar-refractivity contribution < 1.29 is 9.53 Å². The van der Waals surface area contributed by atoms with E-state index in [-0.39, 0.29) is 11.3 Å². The van der Waals surface area contributed by atoms with E-state index in [0.29, 0.717) is 36.2 Å². The van der Waals surface area contributed by atoms with Crippen molar-refractivity contribution in [3.05, 3.63) is 59.0 Å². The summed E-state index contributed by atoms with van der Waals surface area (Å²) in [4.78, 5) is 21.0. The highest BCUT2D eigenvalue weighted by Crippen LogP contribution is 2.25. The Morgan fingerprint density at radius 3 is 2.60 bits per heavy atom. The van der Waals surface area contributed by atoms with Gasteiger partial charge in [0.2, 0.25) is 5.91 Å². The fourth-order valence-corrected chi connectivity index (χ4v) is 2.84. The third-order valence-corrected chi connectivity index (χ3v) is 4.86. The minimum absolute atomic E-state index is 0.122. The predicted octanol–water partition coefficient (Wildman–Crippen LogP) is 4.72. The summed E-state index contributed by atoms with van der Waals surface area (Å²) in [6.07, 6.45) is 4.18. The first-order valence-corrected chi connectivity index (χ1v) is 10.2. The molecule has 0 saturated carbocycles. The number of hydrogen-bond donors (Lipinski definition) is 1. The van der Waals surface area contributed by atoms with Gasteiger partial charge in [-0.15, -0.1) is 0 Å². The SMILES string of the molecule is Cc1cc(OCCCC(=O)Nc2cc(C(C)(C)C)nn2-c2ncccn2)ccc1Cl. The van der Waals surface area contributed by atoms with E-state index in [1.807, 2.05) is 25.1 Å². The van der Waals surface area contributed by atoms with Crippen LogP contribution in [0.3, 0.4) is 0 Å². The van der Waals surface area contributed by atoms with Crippen molar-refractivity contribution >= 4 is 23.3 Å². The van der Waals surface area contributed by atoms with Gasteiger partial charge in [-0.1, -0.05) is 32.4 Å². The lowest BCUT2D eigenvalue weighted by molar-refractivity contribution is -0.116. The van der Waals surface area contributed by atoms with Crippen LogP contribution in [0.15, 0.2) is 42.7 Å². The molecule has 1 amide bonds. The molecule has 30 heavy (non-hydrogen) atoms. The molecule has 0 bridgehead atoms. The maximum Gasteiger partial charge on any atom is 0.252 e. The van der Waals surface area contributed by atoms with Crippen LogP contribution in [0, 0.1) is 6.92 Å². The number of rotatable bonds is 7. The Bertz CT molecular complexity index is 1010. The fraction of sp³-hybridized carbons (Fsp3) is 0.364. The number of halogens is 1. The van der Waals surface area contributed by atoms with Crippen LogP contribution in [-0.2, 0) is 10.2 Å². The van der Waals surface area contributed by atoms with Gasteiger partial charge in [-0.05, 0) is 43.2 Å². The molecule has 3 aromatic rings. The second-order valence-electron chi connectivity index (χ2n) is 8.04. The largest absolute Gasteiger partial charge is 0.494 e. The van der Waals surface area contributed by atoms with Crippen LogP contribution in [0.5, 0.6) is 5.75 Å². The van der Waals surface area contributed by atoms with Crippen molar-refractivity contribution in [1.82, 2.24) is 19.7 Å². The molecule has 0 aliphatic heterocycles. The standard InChI is InChI=1S/C22H26ClN5O2/c1-15-13-16(8-9-17(15)23)30-12-5-7-20(29)26-19-14-18(22(2,3)4)27-28(19)21-24-10-6-11-25-21/h6,8-11,13-14H,5,7,12H2,1-4H3,(H,26,29). The van der Waals surface area contributed by atoms with Crippen LogP contribution < -0.4 is 10.1 Å². The Balaban J connectivity index is 1.61. The number of aromatic nitrogens is 4. The Kier molecular flexibility index (Phi) is 6.72. The van der Waals surface area contributed by atoms with Crippen molar-refractivity contribution in [3.8, 4) is 11.7 Å². The monoisotopic (exact) mass is 427 g/mol. The second kappa shape index (κ2) is 9.26. The summed E-state index contributed by atoms with van der Waals surface area (Å²) in [5.74, 6) is 1.57. The van der Waals surface area contributed by atoms with Crippen molar-refractivity contribution in [2.24, 2.45) is 0 Å². The smallest absolute Gasteiger partial charge is 0.252 e. The van der Waals surface area contributed by atoms with E-state index in [9.17, 15) is 4.79 Å². The molecule has 1 N–H and O–H groups in total. The molecule has 8 heteroatoms. The quantitative estimate of drug-likeness (QED) is 0.551. The molecule has 1 aromatic carbocycles. The number of anilines is 1. The first-order valence-electron chi connectivity index (χ1n) is 9.81. The van der Waals surface area contributed by atoms with Gasteiger partial charge in [0.25, 0.3) is 5.95 Å². The molecule has 2 aromatic heterocycles. The van der Waals surface area contributed by atoms with Gasteiger partial charge < -0.3 is 10.1 Å². The van der Waals surface area contributed by atoms with Crippen molar-refractivity contribution in [3.63, 3.8) is 0 Å². The summed E-state index contributed by atoms with van der Waals surface area (Å²) in [6, 6.07) is 9.11. The zero-order valence-electron chi connectivity index (χ0n) is 17.6. The van der Waals surface area contributed by atoms with Gasteiger partial charge in [0, 0.05) is 35.3 Å². The molecular formula is C22H26ClN5O2. The third kappa shape index (κ3) is 5.57. The number of carbonyl (C=O) groups excluding carboxylic acids is 1. The Hall–Kier alpha value is -2.93. The average Bonchev–Trinajstić information content (AvgIpc) is 3.13. The summed E-state index contributed by atoms with van der Waals surface area (Å²) < 4.78 is 7.27. The highest BCUT2D eigenvalue weighted by atomic mass is 35.5. The molecule has 2 heterocycles. The van der Waals surface area contributed by atoms with E-state index in [1.54, 1.807) is 29.2 Å². The van der Waals surface area contributed by atoms with Crippen molar-refractivity contribution in [2.45, 2.75) is 46.0 Å². The van der Waals surface area contributed by atoms with Gasteiger partial charge in [-0.3, -0.25) is 4.79 Å². The molecule has 158 valence electrons. The average molecular weight is 428 g/mol. The number of amides is 1. The third-order valence-electron chi connectivity index (χ3n) is 4.43. The normalized spacial score (nSPS) is 11.4. The minimum atomic E-state index is -0.177. The van der Waals surface area contributed by atoms with E-state index in [2.05, 4.69) is 41.2 Å². The Morgan fingerprint density at radius 2 is 1.93 bits per heavy atom. The molecule has 7 nitrogen and oxygen atoms in total. The molecule has 3 rings (SSSR count). The molecular weight excluding hydrogens is 402 g/mol. The number of benzene rings is 1. The second-order valence-corrected chi connectivity index (χ2v) is 8.44. The molecule has 0 radical (unpaired) electrons. The number of ether oxygens (including phenoxy) is 1. The first kappa shape index (κ1) is 21.8. The number of hydrogen-bond acceptors (Lipinski definition) is 5. The lowest BCUT2D eigenvalue weighted by Crippen LogP contribution is -2.16. The fourth-order valence-electron chi connectivity index (χ4n) is 2.72. The Morgan fingerprint density at radius 1 is 1.20 bits per heavy atom. The van der Waals surface area contributed by atoms with Crippen LogP contribution in [0.25, 0.3) is 5.95 Å². The topological polar surface area (TPSA) is 81.9 Å². The van der Waals surface area contributed by atoms with Gasteiger partial charge in [-0.2, -0.15) is 9.78 Å². The zero-order valence-corrected chi connectivity index (χ0v) is 18.4. The maximum absolute atomic E-state index is 12.5. The summed E-state index contributed by atoms with van der Waals surface area (Å²) in [7, 11) is 0. The minimum Gasteiger partial charge on any atom is -0.494 e. The van der Waals surface area contributed by atoms with Crippen LogP contribution in [-0.4, -0.2) is 32.3 Å². The maximum atomic E-state index is 12.5. The number of nitrogens with one attached hydrogen (secondary N) is 1.